The molecule has 1 aromatic rings. The summed E-state index contributed by atoms with van der Waals surface area (Å²) >= 11 is 0. The van der Waals surface area contributed by atoms with Crippen molar-refractivity contribution in [3.8, 4) is 6.07 Å². The van der Waals surface area contributed by atoms with Gasteiger partial charge >= 0.3 is 0 Å². The Kier molecular flexibility index (Phi) is 4.41. The molecule has 0 aromatic heterocycles. The molecule has 4 heteroatoms. The molecule has 0 radical (unpaired) electrons. The molecule has 19 heavy (non-hydrogen) atoms. The quantitative estimate of drug-likeness (QED) is 0.902. The van der Waals surface area contributed by atoms with Crippen LogP contribution in [0.25, 0.3) is 0 Å². The predicted molar refractivity (Wildman–Crippen MR) is 74.0 cm³/mol. The van der Waals surface area contributed by atoms with Gasteiger partial charge in [-0.2, -0.15) is 5.26 Å². The summed E-state index contributed by atoms with van der Waals surface area (Å²) < 4.78 is 5.63. The van der Waals surface area contributed by atoms with Gasteiger partial charge in [-0.25, -0.2) is 0 Å². The lowest BCUT2D eigenvalue weighted by atomic mass is 10.0. The molecule has 0 amide bonds. The molecule has 4 nitrogen and oxygen atoms in total. The maximum Gasteiger partial charge on any atom is 0.0992 e. The van der Waals surface area contributed by atoms with Gasteiger partial charge < -0.3 is 14.7 Å². The van der Waals surface area contributed by atoms with Crippen LogP contribution in [0.15, 0.2) is 18.2 Å². The molecule has 0 spiro atoms. The third kappa shape index (κ3) is 3.25. The van der Waals surface area contributed by atoms with E-state index in [0.717, 1.165) is 37.2 Å². The minimum atomic E-state index is -0.547. The molecule has 1 saturated heterocycles. The van der Waals surface area contributed by atoms with Crippen molar-refractivity contribution in [3.05, 3.63) is 29.3 Å². The Bertz CT molecular complexity index is 474. The molecular formula is C15H20N2O2. The van der Waals surface area contributed by atoms with Crippen LogP contribution in [0, 0.1) is 11.3 Å². The number of nitriles is 1. The van der Waals surface area contributed by atoms with Crippen molar-refractivity contribution >= 4 is 5.69 Å². The molecule has 0 aliphatic carbocycles. The number of nitrogens with zero attached hydrogens (tertiary/aromatic N) is 2. The highest BCUT2D eigenvalue weighted by Crippen LogP contribution is 2.28. The molecule has 2 atom stereocenters. The average Bonchev–Trinajstić information content (AvgIpc) is 2.90. The zero-order valence-electron chi connectivity index (χ0n) is 11.5. The van der Waals surface area contributed by atoms with Gasteiger partial charge in [-0.3, -0.25) is 0 Å². The van der Waals surface area contributed by atoms with Crippen LogP contribution >= 0.6 is 0 Å². The van der Waals surface area contributed by atoms with Crippen LogP contribution in [0.2, 0.25) is 0 Å². The highest BCUT2D eigenvalue weighted by atomic mass is 16.5. The summed E-state index contributed by atoms with van der Waals surface area (Å²) in [5.74, 6) is 0. The van der Waals surface area contributed by atoms with E-state index in [9.17, 15) is 5.11 Å². The van der Waals surface area contributed by atoms with Crippen LogP contribution in [0.5, 0.6) is 0 Å². The van der Waals surface area contributed by atoms with Gasteiger partial charge in [0.05, 0.1) is 23.8 Å². The van der Waals surface area contributed by atoms with Crippen molar-refractivity contribution in [2.75, 3.05) is 25.1 Å². The zero-order valence-corrected chi connectivity index (χ0v) is 11.5. The number of aliphatic hydroxyl groups is 1. The molecule has 2 rings (SSSR count). The van der Waals surface area contributed by atoms with E-state index in [1.54, 1.807) is 13.0 Å². The summed E-state index contributed by atoms with van der Waals surface area (Å²) in [7, 11) is 1.98. The summed E-state index contributed by atoms with van der Waals surface area (Å²) in [5.41, 5.74) is 2.36. The number of likely N-dealkylation sites (N-methyl/N-ethyl adjacent to an activating group) is 1. The summed E-state index contributed by atoms with van der Waals surface area (Å²) in [6, 6.07) is 7.54. The van der Waals surface area contributed by atoms with Gasteiger partial charge in [0.15, 0.2) is 0 Å². The van der Waals surface area contributed by atoms with Crippen LogP contribution in [-0.4, -0.2) is 31.4 Å². The Hall–Kier alpha value is -1.57. The molecule has 0 saturated carbocycles. The average molecular weight is 260 g/mol. The molecule has 1 aromatic carbocycles. The number of hydrogen-bond donors (Lipinski definition) is 1. The van der Waals surface area contributed by atoms with E-state index in [1.807, 2.05) is 19.2 Å². The van der Waals surface area contributed by atoms with Crippen LogP contribution in [0.4, 0.5) is 5.69 Å². The van der Waals surface area contributed by atoms with Crippen molar-refractivity contribution < 1.29 is 9.84 Å². The van der Waals surface area contributed by atoms with Crippen LogP contribution in [-0.2, 0) is 4.74 Å². The van der Waals surface area contributed by atoms with Gasteiger partial charge in [0.1, 0.15) is 0 Å². The number of ether oxygens (including phenoxy) is 1. The Morgan fingerprint density at radius 3 is 2.95 bits per heavy atom. The van der Waals surface area contributed by atoms with E-state index < -0.39 is 6.10 Å². The zero-order chi connectivity index (χ0) is 13.8. The predicted octanol–water partition coefficient (Wildman–Crippen LogP) is 2.23. The number of benzene rings is 1. The first-order valence-electron chi connectivity index (χ1n) is 6.66. The second-order valence-corrected chi connectivity index (χ2v) is 5.08. The van der Waals surface area contributed by atoms with Crippen molar-refractivity contribution in [1.82, 2.24) is 0 Å². The van der Waals surface area contributed by atoms with E-state index >= 15 is 0 Å². The molecule has 102 valence electrons. The van der Waals surface area contributed by atoms with Gasteiger partial charge in [0.25, 0.3) is 0 Å². The third-order valence-corrected chi connectivity index (χ3v) is 3.52. The van der Waals surface area contributed by atoms with Crippen molar-refractivity contribution in [1.29, 1.82) is 5.26 Å². The second-order valence-electron chi connectivity index (χ2n) is 5.08. The standard InChI is InChI=1S/C15H20N2O2/c1-11(18)14-6-5-12(9-16)8-15(14)17(2)10-13-4-3-7-19-13/h5-6,8,11,13,18H,3-4,7,10H2,1-2H3. The molecule has 0 bridgehead atoms. The highest BCUT2D eigenvalue weighted by Gasteiger charge is 2.20. The fraction of sp³-hybridized carbons (Fsp3) is 0.533. The maximum atomic E-state index is 9.84. The first-order chi connectivity index (χ1) is 9.11. The van der Waals surface area contributed by atoms with Crippen LogP contribution < -0.4 is 4.90 Å². The lowest BCUT2D eigenvalue weighted by Gasteiger charge is -2.26. The number of anilines is 1. The van der Waals surface area contributed by atoms with Gasteiger partial charge in [-0.1, -0.05) is 6.07 Å². The Balaban J connectivity index is 2.22. The van der Waals surface area contributed by atoms with Gasteiger partial charge in [0, 0.05) is 31.5 Å². The first kappa shape index (κ1) is 13.9. The number of aliphatic hydroxyl groups excluding tert-OH is 1. The first-order valence-corrected chi connectivity index (χ1v) is 6.66. The van der Waals surface area contributed by atoms with Crippen molar-refractivity contribution in [3.63, 3.8) is 0 Å². The fourth-order valence-corrected chi connectivity index (χ4v) is 2.49. The van der Waals surface area contributed by atoms with E-state index in [0.29, 0.717) is 5.56 Å². The second kappa shape index (κ2) is 6.05. The molecule has 1 fully saturated rings. The SMILES string of the molecule is CC(O)c1ccc(C#N)cc1N(C)CC1CCCO1. The fourth-order valence-electron chi connectivity index (χ4n) is 2.49. The molecule has 2 unspecified atom stereocenters. The largest absolute Gasteiger partial charge is 0.389 e. The maximum absolute atomic E-state index is 9.84. The smallest absolute Gasteiger partial charge is 0.0992 e. The third-order valence-electron chi connectivity index (χ3n) is 3.52. The van der Waals surface area contributed by atoms with Gasteiger partial charge in [-0.15, -0.1) is 0 Å². The lowest BCUT2D eigenvalue weighted by molar-refractivity contribution is 0.116. The summed E-state index contributed by atoms with van der Waals surface area (Å²) in [6.45, 7) is 3.36. The van der Waals surface area contributed by atoms with Crippen LogP contribution in [0.3, 0.4) is 0 Å². The molecule has 1 heterocycles. The minimum Gasteiger partial charge on any atom is -0.389 e. The summed E-state index contributed by atoms with van der Waals surface area (Å²) in [4.78, 5) is 2.07. The Morgan fingerprint density at radius 2 is 2.37 bits per heavy atom. The Labute approximate surface area is 114 Å². The number of hydrogen-bond acceptors (Lipinski definition) is 4. The van der Waals surface area contributed by atoms with E-state index in [1.165, 1.54) is 0 Å². The van der Waals surface area contributed by atoms with E-state index in [-0.39, 0.29) is 6.10 Å². The molecule has 1 aliphatic rings. The summed E-state index contributed by atoms with van der Waals surface area (Å²) in [5, 5.41) is 18.8. The molecule has 1 N–H and O–H groups in total. The number of rotatable bonds is 4. The summed E-state index contributed by atoms with van der Waals surface area (Å²) in [6.07, 6.45) is 1.89. The van der Waals surface area contributed by atoms with Crippen LogP contribution in [0.1, 0.15) is 37.0 Å². The Morgan fingerprint density at radius 1 is 1.58 bits per heavy atom. The lowest BCUT2D eigenvalue weighted by Crippen LogP contribution is -2.29. The van der Waals surface area contributed by atoms with Gasteiger partial charge in [-0.05, 0) is 31.9 Å². The molecule has 1 aliphatic heterocycles. The van der Waals surface area contributed by atoms with E-state index in [4.69, 9.17) is 10.00 Å². The van der Waals surface area contributed by atoms with E-state index in [2.05, 4.69) is 11.0 Å². The molecular weight excluding hydrogens is 240 g/mol. The topological polar surface area (TPSA) is 56.5 Å². The highest BCUT2D eigenvalue weighted by molar-refractivity contribution is 5.58. The minimum absolute atomic E-state index is 0.248. The van der Waals surface area contributed by atoms with Crippen molar-refractivity contribution in [2.45, 2.75) is 32.0 Å². The van der Waals surface area contributed by atoms with Gasteiger partial charge in [0.2, 0.25) is 0 Å². The normalized spacial score (nSPS) is 20.0. The monoisotopic (exact) mass is 260 g/mol. The van der Waals surface area contributed by atoms with Crippen molar-refractivity contribution in [2.24, 2.45) is 0 Å².